The van der Waals surface area contributed by atoms with E-state index in [0.717, 1.165) is 16.4 Å². The van der Waals surface area contributed by atoms with E-state index in [2.05, 4.69) is 20.4 Å². The van der Waals surface area contributed by atoms with Crippen LogP contribution in [0.1, 0.15) is 0 Å². The Morgan fingerprint density at radius 2 is 1.86 bits per heavy atom. The number of fused-ring (bicyclic) bond motifs is 3. The third-order valence-electron chi connectivity index (χ3n) is 2.19. The van der Waals surface area contributed by atoms with Crippen molar-refractivity contribution < 1.29 is 0 Å². The van der Waals surface area contributed by atoms with Gasteiger partial charge in [-0.25, -0.2) is 4.98 Å². The van der Waals surface area contributed by atoms with Crippen LogP contribution < -0.4 is 5.73 Å². The van der Waals surface area contributed by atoms with Crippen LogP contribution in [0.15, 0.2) is 24.3 Å². The SMILES string of the molecule is Nc1nc2ccccc2c2n[nH]nc12. The van der Waals surface area contributed by atoms with Crippen molar-refractivity contribution in [3.05, 3.63) is 24.3 Å². The van der Waals surface area contributed by atoms with Gasteiger partial charge in [-0.15, -0.1) is 0 Å². The van der Waals surface area contributed by atoms with Crippen molar-refractivity contribution in [3.63, 3.8) is 0 Å². The van der Waals surface area contributed by atoms with Crippen LogP contribution in [-0.4, -0.2) is 20.4 Å². The molecule has 0 atom stereocenters. The molecule has 2 aromatic heterocycles. The topological polar surface area (TPSA) is 80.5 Å². The molecule has 0 saturated heterocycles. The van der Waals surface area contributed by atoms with Gasteiger partial charge in [0.15, 0.2) is 11.3 Å². The Balaban J connectivity index is 2.66. The van der Waals surface area contributed by atoms with E-state index in [1.807, 2.05) is 24.3 Å². The van der Waals surface area contributed by atoms with Crippen molar-refractivity contribution in [1.82, 2.24) is 20.4 Å². The molecule has 3 aromatic rings. The van der Waals surface area contributed by atoms with Gasteiger partial charge in [-0.1, -0.05) is 18.2 Å². The molecule has 1 aromatic carbocycles. The average Bonchev–Trinajstić information content (AvgIpc) is 2.67. The van der Waals surface area contributed by atoms with E-state index in [0.29, 0.717) is 11.3 Å². The monoisotopic (exact) mass is 185 g/mol. The Morgan fingerprint density at radius 3 is 2.79 bits per heavy atom. The van der Waals surface area contributed by atoms with Crippen LogP contribution in [0.3, 0.4) is 0 Å². The Morgan fingerprint density at radius 1 is 1.07 bits per heavy atom. The number of anilines is 1. The number of hydrogen-bond acceptors (Lipinski definition) is 4. The molecule has 3 N–H and O–H groups in total. The highest BCUT2D eigenvalue weighted by molar-refractivity contribution is 6.05. The summed E-state index contributed by atoms with van der Waals surface area (Å²) in [5, 5.41) is 11.5. The molecule has 2 heterocycles. The summed E-state index contributed by atoms with van der Waals surface area (Å²) < 4.78 is 0. The fraction of sp³-hybridized carbons (Fsp3) is 0. The van der Waals surface area contributed by atoms with Gasteiger partial charge in [-0.2, -0.15) is 15.4 Å². The van der Waals surface area contributed by atoms with Crippen molar-refractivity contribution in [2.24, 2.45) is 0 Å². The van der Waals surface area contributed by atoms with Gasteiger partial charge in [0, 0.05) is 5.39 Å². The Bertz CT molecular complexity index is 613. The molecule has 0 amide bonds. The number of hydrogen-bond donors (Lipinski definition) is 2. The molecule has 5 nitrogen and oxygen atoms in total. The van der Waals surface area contributed by atoms with Crippen LogP contribution >= 0.6 is 0 Å². The lowest BCUT2D eigenvalue weighted by Crippen LogP contribution is -1.92. The first kappa shape index (κ1) is 7.25. The predicted octanol–water partition coefficient (Wildman–Crippen LogP) is 1.09. The van der Waals surface area contributed by atoms with E-state index in [4.69, 9.17) is 5.73 Å². The van der Waals surface area contributed by atoms with Gasteiger partial charge in [-0.05, 0) is 6.07 Å². The van der Waals surface area contributed by atoms with Crippen molar-refractivity contribution in [1.29, 1.82) is 0 Å². The van der Waals surface area contributed by atoms with Gasteiger partial charge >= 0.3 is 0 Å². The van der Waals surface area contributed by atoms with Crippen LogP contribution in [-0.2, 0) is 0 Å². The summed E-state index contributed by atoms with van der Waals surface area (Å²) in [6.45, 7) is 0. The van der Waals surface area contributed by atoms with Gasteiger partial charge in [0.05, 0.1) is 5.52 Å². The second-order valence-corrected chi connectivity index (χ2v) is 3.04. The maximum atomic E-state index is 5.73. The number of H-pyrrole nitrogens is 1. The van der Waals surface area contributed by atoms with Gasteiger partial charge < -0.3 is 5.73 Å². The molecule has 0 radical (unpaired) electrons. The van der Waals surface area contributed by atoms with Crippen LogP contribution in [0.2, 0.25) is 0 Å². The van der Waals surface area contributed by atoms with E-state index < -0.39 is 0 Å². The van der Waals surface area contributed by atoms with Crippen LogP contribution in [0.5, 0.6) is 0 Å². The summed E-state index contributed by atoms with van der Waals surface area (Å²) >= 11 is 0. The molecule has 0 spiro atoms. The number of para-hydroxylation sites is 1. The molecule has 14 heavy (non-hydrogen) atoms. The summed E-state index contributed by atoms with van der Waals surface area (Å²) in [7, 11) is 0. The summed E-state index contributed by atoms with van der Waals surface area (Å²) in [6.07, 6.45) is 0. The number of nitrogen functional groups attached to an aromatic ring is 1. The summed E-state index contributed by atoms with van der Waals surface area (Å²) in [5.74, 6) is 0.410. The molecule has 0 unspecified atom stereocenters. The third-order valence-corrected chi connectivity index (χ3v) is 2.19. The Labute approximate surface area is 78.9 Å². The van der Waals surface area contributed by atoms with E-state index in [9.17, 15) is 0 Å². The zero-order valence-corrected chi connectivity index (χ0v) is 7.23. The first-order chi connectivity index (χ1) is 6.86. The van der Waals surface area contributed by atoms with Gasteiger partial charge in [-0.3, -0.25) is 0 Å². The number of nitrogens with zero attached hydrogens (tertiary/aromatic N) is 3. The lowest BCUT2D eigenvalue weighted by molar-refractivity contribution is 0.960. The van der Waals surface area contributed by atoms with Crippen LogP contribution in [0.25, 0.3) is 21.9 Å². The Kier molecular flexibility index (Phi) is 1.25. The second kappa shape index (κ2) is 2.41. The third kappa shape index (κ3) is 0.806. The number of nitrogens with one attached hydrogen (secondary N) is 1. The molecule has 0 fully saturated rings. The normalized spacial score (nSPS) is 11.1. The number of benzene rings is 1. The molecule has 68 valence electrons. The minimum absolute atomic E-state index is 0.410. The average molecular weight is 185 g/mol. The maximum absolute atomic E-state index is 5.73. The lowest BCUT2D eigenvalue weighted by Gasteiger charge is -1.98. The molecule has 3 rings (SSSR count). The molecule has 0 saturated carbocycles. The predicted molar refractivity (Wildman–Crippen MR) is 53.6 cm³/mol. The highest BCUT2D eigenvalue weighted by Crippen LogP contribution is 2.23. The molecule has 0 aliphatic carbocycles. The van der Waals surface area contributed by atoms with E-state index in [1.165, 1.54) is 0 Å². The van der Waals surface area contributed by atoms with Crippen molar-refractivity contribution >= 4 is 27.8 Å². The molecular weight excluding hydrogens is 178 g/mol. The molecule has 0 aliphatic rings. The Hall–Kier alpha value is -2.17. The number of nitrogens with two attached hydrogens (primary N) is 1. The quantitative estimate of drug-likeness (QED) is 0.549. The van der Waals surface area contributed by atoms with Gasteiger partial charge in [0.1, 0.15) is 5.52 Å². The van der Waals surface area contributed by atoms with Crippen molar-refractivity contribution in [2.45, 2.75) is 0 Å². The largest absolute Gasteiger partial charge is 0.382 e. The van der Waals surface area contributed by atoms with Crippen LogP contribution in [0, 0.1) is 0 Å². The number of pyridine rings is 1. The zero-order valence-electron chi connectivity index (χ0n) is 7.23. The lowest BCUT2D eigenvalue weighted by atomic mass is 10.2. The minimum Gasteiger partial charge on any atom is -0.382 e. The zero-order chi connectivity index (χ0) is 9.54. The maximum Gasteiger partial charge on any atom is 0.155 e. The highest BCUT2D eigenvalue weighted by atomic mass is 15.3. The number of aromatic amines is 1. The molecule has 0 aliphatic heterocycles. The first-order valence-corrected chi connectivity index (χ1v) is 4.21. The van der Waals surface area contributed by atoms with Gasteiger partial charge in [0.2, 0.25) is 0 Å². The molecule has 0 bridgehead atoms. The second-order valence-electron chi connectivity index (χ2n) is 3.04. The fourth-order valence-electron chi connectivity index (χ4n) is 1.55. The van der Waals surface area contributed by atoms with E-state index >= 15 is 0 Å². The molecule has 5 heteroatoms. The minimum atomic E-state index is 0.410. The molecular formula is C9H7N5. The van der Waals surface area contributed by atoms with Crippen LogP contribution in [0.4, 0.5) is 5.82 Å². The van der Waals surface area contributed by atoms with Gasteiger partial charge in [0.25, 0.3) is 0 Å². The summed E-state index contributed by atoms with van der Waals surface area (Å²) in [4.78, 5) is 4.23. The van der Waals surface area contributed by atoms with E-state index in [-0.39, 0.29) is 0 Å². The van der Waals surface area contributed by atoms with Crippen molar-refractivity contribution in [2.75, 3.05) is 5.73 Å². The number of aromatic nitrogens is 4. The smallest absolute Gasteiger partial charge is 0.155 e. The summed E-state index contributed by atoms with van der Waals surface area (Å²) in [5.41, 5.74) is 7.97. The van der Waals surface area contributed by atoms with Crippen molar-refractivity contribution in [3.8, 4) is 0 Å². The van der Waals surface area contributed by atoms with E-state index in [1.54, 1.807) is 0 Å². The highest BCUT2D eigenvalue weighted by Gasteiger charge is 2.08. The fourth-order valence-corrected chi connectivity index (χ4v) is 1.55. The number of rotatable bonds is 0. The first-order valence-electron chi connectivity index (χ1n) is 4.21. The summed E-state index contributed by atoms with van der Waals surface area (Å²) in [6, 6.07) is 7.71. The standard InChI is InChI=1S/C9H7N5/c10-9-8-7(12-14-13-8)5-3-1-2-4-6(5)11-9/h1-4H,(H2,10,11)(H,12,13,14).